The van der Waals surface area contributed by atoms with E-state index in [1.165, 1.54) is 0 Å². The van der Waals surface area contributed by atoms with Crippen LogP contribution in [0.2, 0.25) is 0 Å². The standard InChI is InChI=1S/C6F4O3/c7-1-2(8)6(10)4(12)13-3(11)5(1,6)9/t5-,6+. The summed E-state index contributed by atoms with van der Waals surface area (Å²) in [5, 5.41) is 0. The second-order valence-corrected chi connectivity index (χ2v) is 2.62. The second-order valence-electron chi connectivity index (χ2n) is 2.62. The summed E-state index contributed by atoms with van der Waals surface area (Å²) >= 11 is 0. The molecule has 0 aromatic rings. The summed E-state index contributed by atoms with van der Waals surface area (Å²) in [5.74, 6) is -8.57. The van der Waals surface area contributed by atoms with E-state index in [0.29, 0.717) is 0 Å². The van der Waals surface area contributed by atoms with Crippen molar-refractivity contribution in [2.24, 2.45) is 0 Å². The number of hydrogen-bond donors (Lipinski definition) is 0. The average Bonchev–Trinajstić information content (AvgIpc) is 2.26. The fraction of sp³-hybridized carbons (Fsp3) is 0.333. The van der Waals surface area contributed by atoms with Gasteiger partial charge in [0.2, 0.25) is 0 Å². The Labute approximate surface area is 68.0 Å². The molecule has 0 bridgehead atoms. The number of alkyl halides is 2. The van der Waals surface area contributed by atoms with Gasteiger partial charge in [0.1, 0.15) is 0 Å². The number of hydrogen-bond acceptors (Lipinski definition) is 3. The van der Waals surface area contributed by atoms with Gasteiger partial charge in [-0.1, -0.05) is 0 Å². The molecule has 0 radical (unpaired) electrons. The molecule has 3 nitrogen and oxygen atoms in total. The highest BCUT2D eigenvalue weighted by atomic mass is 19.2. The molecular formula is C6F4O3. The Morgan fingerprint density at radius 2 is 1.23 bits per heavy atom. The Kier molecular flexibility index (Phi) is 1.11. The second kappa shape index (κ2) is 1.75. The lowest BCUT2D eigenvalue weighted by molar-refractivity contribution is -0.155. The minimum atomic E-state index is -3.91. The summed E-state index contributed by atoms with van der Waals surface area (Å²) in [6.45, 7) is 0. The molecule has 2 aliphatic rings. The Hall–Kier alpha value is -1.40. The van der Waals surface area contributed by atoms with Crippen molar-refractivity contribution >= 4 is 11.9 Å². The predicted molar refractivity (Wildman–Crippen MR) is 28.0 cm³/mol. The van der Waals surface area contributed by atoms with Crippen LogP contribution in [-0.2, 0) is 14.3 Å². The number of fused-ring (bicyclic) bond motifs is 1. The van der Waals surface area contributed by atoms with Crippen LogP contribution in [0, 0.1) is 0 Å². The zero-order valence-corrected chi connectivity index (χ0v) is 5.74. The minimum Gasteiger partial charge on any atom is -0.387 e. The van der Waals surface area contributed by atoms with Gasteiger partial charge in [-0.15, -0.1) is 0 Å². The molecule has 0 saturated carbocycles. The highest BCUT2D eigenvalue weighted by molar-refractivity contribution is 6.12. The lowest BCUT2D eigenvalue weighted by Crippen LogP contribution is -2.59. The molecule has 13 heavy (non-hydrogen) atoms. The Morgan fingerprint density at radius 1 is 0.923 bits per heavy atom. The smallest absolute Gasteiger partial charge is 0.363 e. The lowest BCUT2D eigenvalue weighted by atomic mass is 9.75. The van der Waals surface area contributed by atoms with Crippen LogP contribution in [0.25, 0.3) is 0 Å². The first-order valence-corrected chi connectivity index (χ1v) is 3.07. The van der Waals surface area contributed by atoms with Crippen LogP contribution in [-0.4, -0.2) is 23.3 Å². The van der Waals surface area contributed by atoms with Gasteiger partial charge >= 0.3 is 23.3 Å². The van der Waals surface area contributed by atoms with Gasteiger partial charge in [-0.3, -0.25) is 0 Å². The van der Waals surface area contributed by atoms with Crippen LogP contribution >= 0.6 is 0 Å². The van der Waals surface area contributed by atoms with Gasteiger partial charge in [-0.25, -0.2) is 27.2 Å². The average molecular weight is 196 g/mol. The van der Waals surface area contributed by atoms with E-state index in [-0.39, 0.29) is 0 Å². The van der Waals surface area contributed by atoms with E-state index in [2.05, 4.69) is 4.74 Å². The van der Waals surface area contributed by atoms with Crippen molar-refractivity contribution < 1.29 is 31.9 Å². The molecule has 1 saturated heterocycles. The van der Waals surface area contributed by atoms with Crippen molar-refractivity contribution in [3.05, 3.63) is 11.7 Å². The molecule has 0 N–H and O–H groups in total. The zero-order valence-electron chi connectivity index (χ0n) is 5.74. The Morgan fingerprint density at radius 3 is 1.54 bits per heavy atom. The van der Waals surface area contributed by atoms with Crippen LogP contribution < -0.4 is 0 Å². The molecule has 0 unspecified atom stereocenters. The largest absolute Gasteiger partial charge is 0.387 e. The van der Waals surface area contributed by atoms with Gasteiger partial charge in [0.25, 0.3) is 0 Å². The summed E-state index contributed by atoms with van der Waals surface area (Å²) < 4.78 is 54.2. The molecule has 1 aliphatic heterocycles. The summed E-state index contributed by atoms with van der Waals surface area (Å²) in [4.78, 5) is 20.9. The molecule has 7 heteroatoms. The maximum absolute atomic E-state index is 13.0. The number of halogens is 4. The van der Waals surface area contributed by atoms with E-state index in [1.54, 1.807) is 0 Å². The van der Waals surface area contributed by atoms with Gasteiger partial charge < -0.3 is 4.74 Å². The first-order valence-electron chi connectivity index (χ1n) is 3.07. The maximum atomic E-state index is 13.0. The molecular weight excluding hydrogens is 196 g/mol. The van der Waals surface area contributed by atoms with Crippen molar-refractivity contribution in [2.75, 3.05) is 0 Å². The molecule has 70 valence electrons. The van der Waals surface area contributed by atoms with Gasteiger partial charge in [-0.05, 0) is 0 Å². The Bertz CT molecular complexity index is 342. The normalized spacial score (nSPS) is 43.1. The molecule has 1 aliphatic carbocycles. The maximum Gasteiger partial charge on any atom is 0.363 e. The number of cyclic esters (lactones) is 2. The fourth-order valence-electron chi connectivity index (χ4n) is 1.23. The topological polar surface area (TPSA) is 43.4 Å². The number of ether oxygens (including phenoxy) is 1. The lowest BCUT2D eigenvalue weighted by Gasteiger charge is -2.32. The van der Waals surface area contributed by atoms with Crippen molar-refractivity contribution in [2.45, 2.75) is 11.3 Å². The number of carbonyl (C=O) groups is 2. The van der Waals surface area contributed by atoms with Crippen molar-refractivity contribution in [3.8, 4) is 0 Å². The third kappa shape index (κ3) is 0.500. The SMILES string of the molecule is O=C1OC(=O)[C@]2(F)C(F)=C(F)[C@]12F. The molecule has 0 spiro atoms. The monoisotopic (exact) mass is 196 g/mol. The van der Waals surface area contributed by atoms with Gasteiger partial charge in [0, 0.05) is 0 Å². The molecule has 0 aromatic heterocycles. The fourth-order valence-corrected chi connectivity index (χ4v) is 1.23. The third-order valence-corrected chi connectivity index (χ3v) is 2.02. The van der Waals surface area contributed by atoms with Crippen molar-refractivity contribution in [1.82, 2.24) is 0 Å². The molecule has 1 heterocycles. The molecule has 0 amide bonds. The molecule has 2 atom stereocenters. The van der Waals surface area contributed by atoms with E-state index >= 15 is 0 Å². The highest BCUT2D eigenvalue weighted by Crippen LogP contribution is 2.58. The highest BCUT2D eigenvalue weighted by Gasteiger charge is 2.85. The van der Waals surface area contributed by atoms with Crippen LogP contribution in [0.5, 0.6) is 0 Å². The van der Waals surface area contributed by atoms with E-state index < -0.39 is 34.9 Å². The van der Waals surface area contributed by atoms with Crippen LogP contribution in [0.4, 0.5) is 17.6 Å². The van der Waals surface area contributed by atoms with Crippen LogP contribution in [0.3, 0.4) is 0 Å². The predicted octanol–water partition coefficient (Wildman–Crippen LogP) is 0.651. The first-order chi connectivity index (χ1) is 5.86. The molecule has 1 fully saturated rings. The summed E-state index contributed by atoms with van der Waals surface area (Å²) in [5.41, 5.74) is -7.82. The van der Waals surface area contributed by atoms with Gasteiger partial charge in [0.05, 0.1) is 0 Å². The zero-order chi connectivity index (χ0) is 10.0. The van der Waals surface area contributed by atoms with Crippen LogP contribution in [0.1, 0.15) is 0 Å². The minimum absolute atomic E-state index is 2.06. The summed E-state index contributed by atoms with van der Waals surface area (Å²) in [7, 11) is 0. The molecule has 2 rings (SSSR count). The number of carbonyl (C=O) groups excluding carboxylic acids is 2. The van der Waals surface area contributed by atoms with E-state index in [0.717, 1.165) is 0 Å². The number of rotatable bonds is 0. The van der Waals surface area contributed by atoms with Gasteiger partial charge in [0.15, 0.2) is 11.7 Å². The van der Waals surface area contributed by atoms with Crippen molar-refractivity contribution in [3.63, 3.8) is 0 Å². The quantitative estimate of drug-likeness (QED) is 0.324. The first kappa shape index (κ1) is 8.21. The molecule has 0 aromatic carbocycles. The number of esters is 2. The Balaban J connectivity index is 2.68. The van der Waals surface area contributed by atoms with E-state index in [1.807, 2.05) is 0 Å². The van der Waals surface area contributed by atoms with E-state index in [4.69, 9.17) is 0 Å². The third-order valence-electron chi connectivity index (χ3n) is 2.02. The summed E-state index contributed by atoms with van der Waals surface area (Å²) in [6, 6.07) is 0. The van der Waals surface area contributed by atoms with Gasteiger partial charge in [-0.2, -0.15) is 0 Å². The van der Waals surface area contributed by atoms with Crippen LogP contribution in [0.15, 0.2) is 11.7 Å². The summed E-state index contributed by atoms with van der Waals surface area (Å²) in [6.07, 6.45) is 0. The van der Waals surface area contributed by atoms with E-state index in [9.17, 15) is 27.2 Å². The van der Waals surface area contributed by atoms with Crippen molar-refractivity contribution in [1.29, 1.82) is 0 Å².